The molecule has 2 aliphatic carbocycles. The fourth-order valence-electron chi connectivity index (χ4n) is 2.72. The number of carbonyl (C=O) groups is 2. The zero-order valence-electron chi connectivity index (χ0n) is 12.5. The fourth-order valence-corrected chi connectivity index (χ4v) is 2.72. The molecule has 0 aromatic carbocycles. The summed E-state index contributed by atoms with van der Waals surface area (Å²) < 4.78 is 5.48. The van der Waals surface area contributed by atoms with Crippen LogP contribution >= 0.6 is 0 Å². The summed E-state index contributed by atoms with van der Waals surface area (Å²) in [5.74, 6) is -0.173. The van der Waals surface area contributed by atoms with Crippen molar-refractivity contribution in [3.05, 3.63) is 0 Å². The first-order chi connectivity index (χ1) is 10.1. The maximum atomic E-state index is 11.8. The monoisotopic (exact) mass is 298 g/mol. The van der Waals surface area contributed by atoms with E-state index < -0.39 is 11.5 Å². The zero-order chi connectivity index (χ0) is 15.1. The molecule has 0 atom stereocenters. The number of hydrogen-bond donors (Lipinski definition) is 3. The van der Waals surface area contributed by atoms with Gasteiger partial charge in [0.2, 0.25) is 0 Å². The third kappa shape index (κ3) is 5.19. The molecule has 0 bridgehead atoms. The highest BCUT2D eigenvalue weighted by Crippen LogP contribution is 2.29. The highest BCUT2D eigenvalue weighted by Gasteiger charge is 2.40. The molecule has 2 amide bonds. The Kier molecular flexibility index (Phi) is 5.85. The molecule has 21 heavy (non-hydrogen) atoms. The standard InChI is InChI=1S/C15H26N2O4/c18-13(19)15(7-2-1-3-8-15)17-14(20)16-9-4-10-21-11-12-5-6-12/h12H,1-11H2,(H,18,19)(H2,16,17,20). The van der Waals surface area contributed by atoms with Crippen molar-refractivity contribution >= 4 is 12.0 Å². The van der Waals surface area contributed by atoms with Crippen LogP contribution in [0.2, 0.25) is 0 Å². The van der Waals surface area contributed by atoms with E-state index in [0.717, 1.165) is 38.2 Å². The maximum absolute atomic E-state index is 11.8. The molecule has 2 aliphatic rings. The van der Waals surface area contributed by atoms with Gasteiger partial charge in [-0.3, -0.25) is 0 Å². The van der Waals surface area contributed by atoms with Crippen LogP contribution in [-0.2, 0) is 9.53 Å². The normalized spacial score (nSPS) is 20.8. The zero-order valence-corrected chi connectivity index (χ0v) is 12.5. The smallest absolute Gasteiger partial charge is 0.329 e. The summed E-state index contributed by atoms with van der Waals surface area (Å²) in [7, 11) is 0. The first-order valence-corrected chi connectivity index (χ1v) is 7.99. The molecule has 0 aliphatic heterocycles. The summed E-state index contributed by atoms with van der Waals surface area (Å²) in [6.07, 6.45) is 7.07. The van der Waals surface area contributed by atoms with E-state index in [0.29, 0.717) is 26.0 Å². The van der Waals surface area contributed by atoms with Gasteiger partial charge in [-0.2, -0.15) is 0 Å². The number of nitrogens with one attached hydrogen (secondary N) is 2. The average Bonchev–Trinajstić information content (AvgIpc) is 3.27. The average molecular weight is 298 g/mol. The fraction of sp³-hybridized carbons (Fsp3) is 0.867. The highest BCUT2D eigenvalue weighted by molar-refractivity contribution is 5.86. The van der Waals surface area contributed by atoms with Crippen molar-refractivity contribution in [1.82, 2.24) is 10.6 Å². The summed E-state index contributed by atoms with van der Waals surface area (Å²) in [5, 5.41) is 14.8. The molecule has 2 saturated carbocycles. The van der Waals surface area contributed by atoms with Gasteiger partial charge < -0.3 is 20.5 Å². The first-order valence-electron chi connectivity index (χ1n) is 7.99. The Balaban J connectivity index is 1.61. The SMILES string of the molecule is O=C(NCCCOCC1CC1)NC1(C(=O)O)CCCCC1. The summed E-state index contributed by atoms with van der Waals surface area (Å²) in [4.78, 5) is 23.3. The number of urea groups is 1. The van der Waals surface area contributed by atoms with Crippen LogP contribution in [0.4, 0.5) is 4.79 Å². The second kappa shape index (κ2) is 7.64. The molecule has 3 N–H and O–H groups in total. The van der Waals surface area contributed by atoms with Gasteiger partial charge in [-0.05, 0) is 38.0 Å². The van der Waals surface area contributed by atoms with E-state index in [2.05, 4.69) is 10.6 Å². The van der Waals surface area contributed by atoms with Crippen molar-refractivity contribution in [3.63, 3.8) is 0 Å². The lowest BCUT2D eigenvalue weighted by atomic mass is 9.82. The van der Waals surface area contributed by atoms with Crippen LogP contribution in [0.3, 0.4) is 0 Å². The summed E-state index contributed by atoms with van der Waals surface area (Å²) >= 11 is 0. The quantitative estimate of drug-likeness (QED) is 0.597. The number of amides is 2. The number of rotatable bonds is 8. The van der Waals surface area contributed by atoms with E-state index in [9.17, 15) is 14.7 Å². The number of carbonyl (C=O) groups excluding carboxylic acids is 1. The van der Waals surface area contributed by atoms with Gasteiger partial charge in [0, 0.05) is 19.8 Å². The molecule has 2 fully saturated rings. The molecule has 6 heteroatoms. The van der Waals surface area contributed by atoms with E-state index >= 15 is 0 Å². The summed E-state index contributed by atoms with van der Waals surface area (Å²) in [5.41, 5.74) is -1.08. The van der Waals surface area contributed by atoms with Crippen molar-refractivity contribution in [2.75, 3.05) is 19.8 Å². The van der Waals surface area contributed by atoms with Crippen LogP contribution in [0.1, 0.15) is 51.4 Å². The third-order valence-electron chi connectivity index (χ3n) is 4.27. The Hall–Kier alpha value is -1.30. The van der Waals surface area contributed by atoms with Crippen molar-refractivity contribution in [3.8, 4) is 0 Å². The van der Waals surface area contributed by atoms with Crippen LogP contribution in [0.25, 0.3) is 0 Å². The van der Waals surface area contributed by atoms with Gasteiger partial charge in [0.1, 0.15) is 5.54 Å². The highest BCUT2D eigenvalue weighted by atomic mass is 16.5. The Labute approximate surface area is 125 Å². The Morgan fingerprint density at radius 1 is 1.19 bits per heavy atom. The minimum atomic E-state index is -1.08. The Bertz CT molecular complexity index is 363. The second-order valence-electron chi connectivity index (χ2n) is 6.20. The number of carboxylic acid groups (broad SMARTS) is 1. The molecular formula is C15H26N2O4. The Morgan fingerprint density at radius 2 is 1.90 bits per heavy atom. The number of carboxylic acids is 1. The maximum Gasteiger partial charge on any atom is 0.329 e. The molecule has 0 unspecified atom stereocenters. The van der Waals surface area contributed by atoms with Gasteiger partial charge in [0.15, 0.2) is 0 Å². The topological polar surface area (TPSA) is 87.7 Å². The lowest BCUT2D eigenvalue weighted by molar-refractivity contribution is -0.145. The van der Waals surface area contributed by atoms with E-state index in [1.165, 1.54) is 12.8 Å². The number of aliphatic carboxylic acids is 1. The minimum absolute atomic E-state index is 0.388. The molecule has 0 radical (unpaired) electrons. The van der Waals surface area contributed by atoms with E-state index in [1.54, 1.807) is 0 Å². The molecule has 0 aromatic heterocycles. The predicted molar refractivity (Wildman–Crippen MR) is 78.1 cm³/mol. The van der Waals surface area contributed by atoms with Gasteiger partial charge in [0.25, 0.3) is 0 Å². The molecule has 120 valence electrons. The molecule has 2 rings (SSSR count). The van der Waals surface area contributed by atoms with Gasteiger partial charge in [-0.15, -0.1) is 0 Å². The lowest BCUT2D eigenvalue weighted by Gasteiger charge is -2.33. The largest absolute Gasteiger partial charge is 0.480 e. The predicted octanol–water partition coefficient (Wildman–Crippen LogP) is 1.89. The summed E-state index contributed by atoms with van der Waals surface area (Å²) in [6.45, 7) is 1.97. The van der Waals surface area contributed by atoms with Gasteiger partial charge >= 0.3 is 12.0 Å². The van der Waals surface area contributed by atoms with Crippen LogP contribution in [-0.4, -0.2) is 42.4 Å². The van der Waals surface area contributed by atoms with Crippen LogP contribution in [0.15, 0.2) is 0 Å². The summed E-state index contributed by atoms with van der Waals surface area (Å²) in [6, 6.07) is -0.388. The molecule has 0 heterocycles. The molecule has 6 nitrogen and oxygen atoms in total. The van der Waals surface area contributed by atoms with Gasteiger partial charge in [-0.25, -0.2) is 9.59 Å². The van der Waals surface area contributed by atoms with Crippen LogP contribution < -0.4 is 10.6 Å². The second-order valence-corrected chi connectivity index (χ2v) is 6.20. The Morgan fingerprint density at radius 3 is 2.52 bits per heavy atom. The van der Waals surface area contributed by atoms with Crippen molar-refractivity contribution in [1.29, 1.82) is 0 Å². The van der Waals surface area contributed by atoms with Gasteiger partial charge in [-0.1, -0.05) is 19.3 Å². The van der Waals surface area contributed by atoms with Gasteiger partial charge in [0.05, 0.1) is 0 Å². The van der Waals surface area contributed by atoms with Crippen LogP contribution in [0, 0.1) is 5.92 Å². The van der Waals surface area contributed by atoms with Crippen molar-refractivity contribution in [2.24, 2.45) is 5.92 Å². The first kappa shape index (κ1) is 16.1. The van der Waals surface area contributed by atoms with Crippen molar-refractivity contribution < 1.29 is 19.4 Å². The molecular weight excluding hydrogens is 272 g/mol. The third-order valence-corrected chi connectivity index (χ3v) is 4.27. The van der Waals surface area contributed by atoms with E-state index in [1.807, 2.05) is 0 Å². The van der Waals surface area contributed by atoms with Crippen LogP contribution in [0.5, 0.6) is 0 Å². The number of ether oxygens (including phenoxy) is 1. The molecule has 0 aromatic rings. The minimum Gasteiger partial charge on any atom is -0.480 e. The lowest BCUT2D eigenvalue weighted by Crippen LogP contribution is -2.58. The van der Waals surface area contributed by atoms with E-state index in [4.69, 9.17) is 4.74 Å². The van der Waals surface area contributed by atoms with Crippen molar-refractivity contribution in [2.45, 2.75) is 56.9 Å². The molecule has 0 spiro atoms. The van der Waals surface area contributed by atoms with E-state index in [-0.39, 0.29) is 6.03 Å². The molecule has 0 saturated heterocycles. The number of hydrogen-bond acceptors (Lipinski definition) is 3.